The molecule has 0 spiro atoms. The lowest BCUT2D eigenvalue weighted by atomic mass is 10.0. The van der Waals surface area contributed by atoms with Crippen LogP contribution in [0.3, 0.4) is 0 Å². The summed E-state index contributed by atoms with van der Waals surface area (Å²) in [5, 5.41) is 3.59. The number of rotatable bonds is 6. The molecule has 1 saturated carbocycles. The molecule has 0 bridgehead atoms. The summed E-state index contributed by atoms with van der Waals surface area (Å²) in [5.41, 5.74) is 0. The molecular formula is C13H27NO. The van der Waals surface area contributed by atoms with Gasteiger partial charge in [-0.2, -0.15) is 0 Å². The van der Waals surface area contributed by atoms with Crippen molar-refractivity contribution in [2.75, 3.05) is 26.8 Å². The average Bonchev–Trinajstić information content (AvgIpc) is 2.47. The Balaban J connectivity index is 2.02. The van der Waals surface area contributed by atoms with Crippen molar-refractivity contribution in [3.8, 4) is 0 Å². The van der Waals surface area contributed by atoms with Crippen molar-refractivity contribution in [1.29, 1.82) is 0 Å². The molecule has 0 heterocycles. The van der Waals surface area contributed by atoms with E-state index in [9.17, 15) is 0 Å². The highest BCUT2D eigenvalue weighted by Gasteiger charge is 2.11. The summed E-state index contributed by atoms with van der Waals surface area (Å²) >= 11 is 0. The molecule has 1 aliphatic rings. The maximum Gasteiger partial charge on any atom is 0.0499 e. The lowest BCUT2D eigenvalue weighted by molar-refractivity contribution is 0.157. The summed E-state index contributed by atoms with van der Waals surface area (Å²) in [6.07, 6.45) is 8.67. The first-order valence-electron chi connectivity index (χ1n) is 6.52. The van der Waals surface area contributed by atoms with E-state index < -0.39 is 0 Å². The Morgan fingerprint density at radius 3 is 2.47 bits per heavy atom. The monoisotopic (exact) mass is 213 g/mol. The van der Waals surface area contributed by atoms with E-state index in [1.165, 1.54) is 45.1 Å². The van der Waals surface area contributed by atoms with Gasteiger partial charge in [-0.1, -0.05) is 32.6 Å². The van der Waals surface area contributed by atoms with Crippen molar-refractivity contribution >= 4 is 0 Å². The van der Waals surface area contributed by atoms with Crippen LogP contribution in [-0.4, -0.2) is 26.8 Å². The fraction of sp³-hybridized carbons (Fsp3) is 1.00. The van der Waals surface area contributed by atoms with Gasteiger partial charge in [0.05, 0.1) is 0 Å². The first kappa shape index (κ1) is 13.0. The smallest absolute Gasteiger partial charge is 0.0499 e. The lowest BCUT2D eigenvalue weighted by Crippen LogP contribution is -2.28. The second kappa shape index (κ2) is 8.12. The summed E-state index contributed by atoms with van der Waals surface area (Å²) in [5.74, 6) is 1.57. The van der Waals surface area contributed by atoms with Gasteiger partial charge in [0.15, 0.2) is 0 Å². The minimum absolute atomic E-state index is 0.640. The van der Waals surface area contributed by atoms with Crippen molar-refractivity contribution in [3.63, 3.8) is 0 Å². The van der Waals surface area contributed by atoms with Crippen LogP contribution >= 0.6 is 0 Å². The Morgan fingerprint density at radius 2 is 1.87 bits per heavy atom. The van der Waals surface area contributed by atoms with Gasteiger partial charge in [0.1, 0.15) is 0 Å². The Morgan fingerprint density at radius 1 is 1.20 bits per heavy atom. The molecule has 0 aromatic heterocycles. The largest absolute Gasteiger partial charge is 0.384 e. The van der Waals surface area contributed by atoms with Crippen molar-refractivity contribution in [3.05, 3.63) is 0 Å². The predicted molar refractivity (Wildman–Crippen MR) is 65.1 cm³/mol. The third kappa shape index (κ3) is 6.16. The first-order valence-corrected chi connectivity index (χ1v) is 6.52. The van der Waals surface area contributed by atoms with Crippen LogP contribution in [0.15, 0.2) is 0 Å². The number of ether oxygens (including phenoxy) is 1. The molecule has 0 radical (unpaired) electrons. The molecule has 15 heavy (non-hydrogen) atoms. The minimum atomic E-state index is 0.640. The topological polar surface area (TPSA) is 21.3 Å². The first-order chi connectivity index (χ1) is 7.33. The lowest BCUT2D eigenvalue weighted by Gasteiger charge is -2.17. The van der Waals surface area contributed by atoms with Crippen LogP contribution in [0.5, 0.6) is 0 Å². The molecule has 1 fully saturated rings. The number of hydrogen-bond acceptors (Lipinski definition) is 2. The van der Waals surface area contributed by atoms with Gasteiger partial charge in [0, 0.05) is 13.7 Å². The van der Waals surface area contributed by atoms with Crippen molar-refractivity contribution < 1.29 is 4.74 Å². The highest BCUT2D eigenvalue weighted by atomic mass is 16.5. The third-order valence-corrected chi connectivity index (χ3v) is 3.35. The average molecular weight is 213 g/mol. The second-order valence-corrected chi connectivity index (χ2v) is 5.08. The van der Waals surface area contributed by atoms with Crippen molar-refractivity contribution in [1.82, 2.24) is 5.32 Å². The Kier molecular flexibility index (Phi) is 7.03. The molecule has 0 amide bonds. The Labute approximate surface area is 94.8 Å². The molecule has 0 saturated heterocycles. The minimum Gasteiger partial charge on any atom is -0.384 e. The van der Waals surface area contributed by atoms with E-state index in [0.717, 1.165) is 19.1 Å². The van der Waals surface area contributed by atoms with Gasteiger partial charge >= 0.3 is 0 Å². The van der Waals surface area contributed by atoms with E-state index in [-0.39, 0.29) is 0 Å². The molecule has 0 aromatic rings. The molecular weight excluding hydrogens is 186 g/mol. The van der Waals surface area contributed by atoms with Crippen LogP contribution in [0.25, 0.3) is 0 Å². The normalized spacial score (nSPS) is 21.2. The highest BCUT2D eigenvalue weighted by Crippen LogP contribution is 2.21. The standard InChI is InChI=1S/C13H27NO/c1-12(11-15-2)9-14-10-13-7-5-3-4-6-8-13/h12-14H,3-11H2,1-2H3. The van der Waals surface area contributed by atoms with Gasteiger partial charge in [-0.05, 0) is 37.8 Å². The third-order valence-electron chi connectivity index (χ3n) is 3.35. The molecule has 90 valence electrons. The SMILES string of the molecule is COCC(C)CNCC1CCCCCC1. The van der Waals surface area contributed by atoms with Gasteiger partial charge in [-0.15, -0.1) is 0 Å². The fourth-order valence-electron chi connectivity index (χ4n) is 2.45. The van der Waals surface area contributed by atoms with E-state index in [4.69, 9.17) is 4.74 Å². The molecule has 1 aliphatic carbocycles. The van der Waals surface area contributed by atoms with Gasteiger partial charge in [-0.25, -0.2) is 0 Å². The van der Waals surface area contributed by atoms with Gasteiger partial charge in [0.2, 0.25) is 0 Å². The molecule has 1 N–H and O–H groups in total. The van der Waals surface area contributed by atoms with Crippen molar-refractivity contribution in [2.24, 2.45) is 11.8 Å². The number of nitrogens with one attached hydrogen (secondary N) is 1. The highest BCUT2D eigenvalue weighted by molar-refractivity contribution is 4.67. The fourth-order valence-corrected chi connectivity index (χ4v) is 2.45. The van der Waals surface area contributed by atoms with E-state index in [1.54, 1.807) is 7.11 Å². The molecule has 1 atom stereocenters. The molecule has 1 unspecified atom stereocenters. The maximum atomic E-state index is 5.13. The van der Waals surface area contributed by atoms with E-state index in [0.29, 0.717) is 5.92 Å². The van der Waals surface area contributed by atoms with Crippen LogP contribution in [0.4, 0.5) is 0 Å². The number of methoxy groups -OCH3 is 1. The quantitative estimate of drug-likeness (QED) is 0.685. The molecule has 2 heteroatoms. The zero-order valence-corrected chi connectivity index (χ0v) is 10.4. The van der Waals surface area contributed by atoms with Gasteiger partial charge in [0.25, 0.3) is 0 Å². The Hall–Kier alpha value is -0.0800. The van der Waals surface area contributed by atoms with Crippen LogP contribution in [0.1, 0.15) is 45.4 Å². The predicted octanol–water partition coefficient (Wildman–Crippen LogP) is 2.83. The van der Waals surface area contributed by atoms with E-state index in [1.807, 2.05) is 0 Å². The summed E-state index contributed by atoms with van der Waals surface area (Å²) in [6, 6.07) is 0. The van der Waals surface area contributed by atoms with Crippen LogP contribution in [0, 0.1) is 11.8 Å². The summed E-state index contributed by atoms with van der Waals surface area (Å²) in [4.78, 5) is 0. The number of hydrogen-bond donors (Lipinski definition) is 1. The van der Waals surface area contributed by atoms with E-state index in [2.05, 4.69) is 12.2 Å². The Bertz CT molecular complexity index is 141. The zero-order chi connectivity index (χ0) is 10.9. The maximum absolute atomic E-state index is 5.13. The van der Waals surface area contributed by atoms with Crippen LogP contribution in [0.2, 0.25) is 0 Å². The molecule has 1 rings (SSSR count). The van der Waals surface area contributed by atoms with Gasteiger partial charge in [-0.3, -0.25) is 0 Å². The summed E-state index contributed by atoms with van der Waals surface area (Å²) in [7, 11) is 1.78. The van der Waals surface area contributed by atoms with Crippen molar-refractivity contribution in [2.45, 2.75) is 45.4 Å². The second-order valence-electron chi connectivity index (χ2n) is 5.08. The molecule has 0 aromatic carbocycles. The van der Waals surface area contributed by atoms with Gasteiger partial charge < -0.3 is 10.1 Å². The zero-order valence-electron chi connectivity index (χ0n) is 10.4. The molecule has 2 nitrogen and oxygen atoms in total. The summed E-state index contributed by atoms with van der Waals surface area (Å²) < 4.78 is 5.13. The van der Waals surface area contributed by atoms with Crippen LogP contribution < -0.4 is 5.32 Å². The summed E-state index contributed by atoms with van der Waals surface area (Å²) in [6.45, 7) is 5.43. The molecule has 0 aliphatic heterocycles. The van der Waals surface area contributed by atoms with Crippen LogP contribution in [-0.2, 0) is 4.74 Å². The van der Waals surface area contributed by atoms with E-state index >= 15 is 0 Å².